The second kappa shape index (κ2) is 8.90. The Labute approximate surface area is 180 Å². The van der Waals surface area contributed by atoms with Gasteiger partial charge in [-0.2, -0.15) is 4.31 Å². The van der Waals surface area contributed by atoms with Gasteiger partial charge in [-0.25, -0.2) is 8.42 Å². The van der Waals surface area contributed by atoms with E-state index in [1.165, 1.54) is 9.87 Å². The van der Waals surface area contributed by atoms with Gasteiger partial charge in [0.25, 0.3) is 0 Å². The van der Waals surface area contributed by atoms with Crippen LogP contribution in [0.1, 0.15) is 43.9 Å². The van der Waals surface area contributed by atoms with Gasteiger partial charge in [0, 0.05) is 32.6 Å². The number of amides is 1. The fraction of sp³-hybridized carbons (Fsp3) is 0.458. The van der Waals surface area contributed by atoms with E-state index in [-0.39, 0.29) is 11.3 Å². The summed E-state index contributed by atoms with van der Waals surface area (Å²) in [7, 11) is -3.50. The molecular weight excluding hydrogens is 396 g/mol. The van der Waals surface area contributed by atoms with Gasteiger partial charge in [0.05, 0.1) is 4.90 Å². The third-order valence-corrected chi connectivity index (χ3v) is 7.61. The van der Waals surface area contributed by atoms with Gasteiger partial charge in [-0.1, -0.05) is 62.7 Å². The Morgan fingerprint density at radius 2 is 1.47 bits per heavy atom. The van der Waals surface area contributed by atoms with E-state index in [1.54, 1.807) is 29.2 Å². The van der Waals surface area contributed by atoms with Crippen molar-refractivity contribution in [1.29, 1.82) is 0 Å². The molecule has 3 rings (SSSR count). The number of carbonyl (C=O) groups is 1. The molecule has 0 unspecified atom stereocenters. The van der Waals surface area contributed by atoms with Crippen molar-refractivity contribution >= 4 is 15.9 Å². The molecule has 6 heteroatoms. The molecule has 5 nitrogen and oxygen atoms in total. The number of carbonyl (C=O) groups excluding carboxylic acids is 1. The third kappa shape index (κ3) is 5.29. The molecule has 0 bridgehead atoms. The van der Waals surface area contributed by atoms with Crippen LogP contribution in [0.2, 0.25) is 0 Å². The van der Waals surface area contributed by atoms with E-state index in [2.05, 4.69) is 45.0 Å². The van der Waals surface area contributed by atoms with E-state index in [0.29, 0.717) is 43.9 Å². The average Bonchev–Trinajstić information content (AvgIpc) is 2.72. The van der Waals surface area contributed by atoms with E-state index in [4.69, 9.17) is 0 Å². The molecule has 0 aliphatic carbocycles. The lowest BCUT2D eigenvalue weighted by atomic mass is 9.86. The minimum absolute atomic E-state index is 0.0854. The number of benzene rings is 2. The van der Waals surface area contributed by atoms with Gasteiger partial charge in [0.1, 0.15) is 0 Å². The fourth-order valence-corrected chi connectivity index (χ4v) is 5.04. The zero-order valence-electron chi connectivity index (χ0n) is 18.4. The topological polar surface area (TPSA) is 57.7 Å². The van der Waals surface area contributed by atoms with Crippen LogP contribution in [-0.4, -0.2) is 49.7 Å². The molecule has 0 atom stereocenters. The Kier molecular flexibility index (Phi) is 6.68. The average molecular weight is 429 g/mol. The molecule has 1 fully saturated rings. The van der Waals surface area contributed by atoms with Crippen molar-refractivity contribution in [3.8, 4) is 0 Å². The van der Waals surface area contributed by atoms with Gasteiger partial charge in [0.2, 0.25) is 15.9 Å². The highest BCUT2D eigenvalue weighted by Crippen LogP contribution is 2.23. The smallest absolute Gasteiger partial charge is 0.243 e. The SMILES string of the molecule is Cc1ccc(S(=O)(=O)N2CCN(C(=O)CCc3ccc(C(C)(C)C)cc3)CC2)cc1. The first kappa shape index (κ1) is 22.5. The molecule has 0 saturated carbocycles. The fourth-order valence-electron chi connectivity index (χ4n) is 3.62. The number of hydrogen-bond donors (Lipinski definition) is 0. The number of piperazine rings is 1. The lowest BCUT2D eigenvalue weighted by Gasteiger charge is -2.34. The quantitative estimate of drug-likeness (QED) is 0.729. The highest BCUT2D eigenvalue weighted by Gasteiger charge is 2.29. The predicted octanol–water partition coefficient (Wildman–Crippen LogP) is 3.76. The van der Waals surface area contributed by atoms with Crippen LogP contribution in [0.5, 0.6) is 0 Å². The maximum Gasteiger partial charge on any atom is 0.243 e. The molecule has 1 aliphatic rings. The molecule has 2 aromatic carbocycles. The molecule has 1 heterocycles. The van der Waals surface area contributed by atoms with Gasteiger partial charge < -0.3 is 4.90 Å². The molecular formula is C24H32N2O3S. The standard InChI is InChI=1S/C24H32N2O3S/c1-19-5-12-22(13-6-19)30(28,29)26-17-15-25(16-18-26)23(27)14-9-20-7-10-21(11-8-20)24(2,3)4/h5-8,10-13H,9,14-18H2,1-4H3. The van der Waals surface area contributed by atoms with Crippen molar-refractivity contribution in [2.75, 3.05) is 26.2 Å². The minimum Gasteiger partial charge on any atom is -0.340 e. The summed E-state index contributed by atoms with van der Waals surface area (Å²) in [6.07, 6.45) is 1.14. The van der Waals surface area contributed by atoms with Crippen LogP contribution >= 0.6 is 0 Å². The van der Waals surface area contributed by atoms with Crippen LogP contribution < -0.4 is 0 Å². The van der Waals surface area contributed by atoms with Crippen molar-refractivity contribution in [1.82, 2.24) is 9.21 Å². The molecule has 0 radical (unpaired) electrons. The molecule has 0 N–H and O–H groups in total. The normalized spacial score (nSPS) is 15.9. The minimum atomic E-state index is -3.50. The van der Waals surface area contributed by atoms with Crippen molar-refractivity contribution < 1.29 is 13.2 Å². The Morgan fingerprint density at radius 1 is 0.900 bits per heavy atom. The second-order valence-electron chi connectivity index (χ2n) is 9.04. The maximum atomic E-state index is 12.8. The number of nitrogens with zero attached hydrogens (tertiary/aromatic N) is 2. The Morgan fingerprint density at radius 3 is 2.00 bits per heavy atom. The maximum absolute atomic E-state index is 12.8. The van der Waals surface area contributed by atoms with Crippen molar-refractivity contribution in [3.05, 3.63) is 65.2 Å². The number of hydrogen-bond acceptors (Lipinski definition) is 3. The summed E-state index contributed by atoms with van der Waals surface area (Å²) in [4.78, 5) is 14.7. The van der Waals surface area contributed by atoms with E-state index < -0.39 is 10.0 Å². The predicted molar refractivity (Wildman–Crippen MR) is 120 cm³/mol. The van der Waals surface area contributed by atoms with Crippen molar-refractivity contribution in [2.45, 2.75) is 50.8 Å². The number of rotatable bonds is 5. The summed E-state index contributed by atoms with van der Waals surface area (Å²) in [5.41, 5.74) is 3.57. The Bertz CT molecular complexity index is 967. The summed E-state index contributed by atoms with van der Waals surface area (Å²) >= 11 is 0. The molecule has 30 heavy (non-hydrogen) atoms. The largest absolute Gasteiger partial charge is 0.340 e. The summed E-state index contributed by atoms with van der Waals surface area (Å²) in [6.45, 7) is 10.0. The van der Waals surface area contributed by atoms with Crippen molar-refractivity contribution in [3.63, 3.8) is 0 Å². The van der Waals surface area contributed by atoms with E-state index in [1.807, 2.05) is 6.92 Å². The summed E-state index contributed by atoms with van der Waals surface area (Å²) in [6, 6.07) is 15.4. The van der Waals surface area contributed by atoms with Crippen LogP contribution in [0, 0.1) is 6.92 Å². The van der Waals surface area contributed by atoms with E-state index in [9.17, 15) is 13.2 Å². The first-order valence-electron chi connectivity index (χ1n) is 10.5. The number of sulfonamides is 1. The van der Waals surface area contributed by atoms with Gasteiger partial charge in [-0.3, -0.25) is 4.79 Å². The molecule has 162 valence electrons. The van der Waals surface area contributed by atoms with Gasteiger partial charge in [0.15, 0.2) is 0 Å². The van der Waals surface area contributed by atoms with Crippen LogP contribution in [-0.2, 0) is 26.7 Å². The highest BCUT2D eigenvalue weighted by molar-refractivity contribution is 7.89. The molecule has 0 aromatic heterocycles. The molecule has 1 aliphatic heterocycles. The Hall–Kier alpha value is -2.18. The van der Waals surface area contributed by atoms with Crippen LogP contribution in [0.25, 0.3) is 0 Å². The van der Waals surface area contributed by atoms with E-state index >= 15 is 0 Å². The molecule has 2 aromatic rings. The summed E-state index contributed by atoms with van der Waals surface area (Å²) in [5.74, 6) is 0.0854. The zero-order chi connectivity index (χ0) is 21.9. The first-order valence-corrected chi connectivity index (χ1v) is 12.0. The summed E-state index contributed by atoms with van der Waals surface area (Å²) in [5, 5.41) is 0. The zero-order valence-corrected chi connectivity index (χ0v) is 19.2. The second-order valence-corrected chi connectivity index (χ2v) is 11.0. The first-order chi connectivity index (χ1) is 14.1. The Balaban J connectivity index is 1.52. The van der Waals surface area contributed by atoms with Crippen LogP contribution in [0.15, 0.2) is 53.4 Å². The lowest BCUT2D eigenvalue weighted by molar-refractivity contribution is -0.132. The monoisotopic (exact) mass is 428 g/mol. The molecule has 1 amide bonds. The summed E-state index contributed by atoms with van der Waals surface area (Å²) < 4.78 is 27.1. The van der Waals surface area contributed by atoms with Gasteiger partial charge in [-0.15, -0.1) is 0 Å². The van der Waals surface area contributed by atoms with Crippen LogP contribution in [0.4, 0.5) is 0 Å². The lowest BCUT2D eigenvalue weighted by Crippen LogP contribution is -2.50. The van der Waals surface area contributed by atoms with Crippen molar-refractivity contribution in [2.24, 2.45) is 0 Å². The van der Waals surface area contributed by atoms with Crippen LogP contribution in [0.3, 0.4) is 0 Å². The highest BCUT2D eigenvalue weighted by atomic mass is 32.2. The van der Waals surface area contributed by atoms with Gasteiger partial charge >= 0.3 is 0 Å². The number of aryl methyl sites for hydroxylation is 2. The van der Waals surface area contributed by atoms with Gasteiger partial charge in [-0.05, 0) is 42.0 Å². The molecule has 0 spiro atoms. The van der Waals surface area contributed by atoms with E-state index in [0.717, 1.165) is 11.1 Å². The third-order valence-electron chi connectivity index (χ3n) is 5.70. The molecule has 1 saturated heterocycles.